The minimum absolute atomic E-state index is 0.0937. The molecule has 4 aromatic carbocycles. The average Bonchev–Trinajstić information content (AvgIpc) is 2.91. The van der Waals surface area contributed by atoms with Crippen LogP contribution < -0.4 is 14.4 Å². The van der Waals surface area contributed by atoms with Gasteiger partial charge in [-0.2, -0.15) is 0 Å². The summed E-state index contributed by atoms with van der Waals surface area (Å²) in [6.45, 7) is -0.417. The van der Waals surface area contributed by atoms with Crippen molar-refractivity contribution in [3.8, 4) is 5.75 Å². The zero-order valence-electron chi connectivity index (χ0n) is 19.5. The summed E-state index contributed by atoms with van der Waals surface area (Å²) in [5.74, 6) is 0.111. The molecular weight excluding hydrogens is 474 g/mol. The molecule has 0 fully saturated rings. The van der Waals surface area contributed by atoms with Crippen LogP contribution in [-0.4, -0.2) is 33.0 Å². The van der Waals surface area contributed by atoms with Gasteiger partial charge in [-0.1, -0.05) is 48.5 Å². The summed E-state index contributed by atoms with van der Waals surface area (Å²) in [7, 11) is -2.59. The maximum Gasteiger partial charge on any atom is 0.265 e. The van der Waals surface area contributed by atoms with E-state index < -0.39 is 22.5 Å². The molecule has 5 aromatic rings. The number of nitrogens with one attached hydrogen (secondary N) is 1. The van der Waals surface area contributed by atoms with Gasteiger partial charge in [-0.3, -0.25) is 14.1 Å². The molecule has 0 spiro atoms. The number of benzene rings is 4. The number of carbonyl (C=O) groups excluding carboxylic acids is 1. The first-order valence-electron chi connectivity index (χ1n) is 11.2. The highest BCUT2D eigenvalue weighted by Gasteiger charge is 2.29. The van der Waals surface area contributed by atoms with Crippen molar-refractivity contribution < 1.29 is 17.9 Å². The van der Waals surface area contributed by atoms with Gasteiger partial charge in [0, 0.05) is 34.2 Å². The Morgan fingerprint density at radius 3 is 2.39 bits per heavy atom. The van der Waals surface area contributed by atoms with E-state index in [1.165, 1.54) is 13.2 Å². The van der Waals surface area contributed by atoms with E-state index >= 15 is 0 Å². The summed E-state index contributed by atoms with van der Waals surface area (Å²) in [6, 6.07) is 26.5. The Balaban J connectivity index is 1.55. The van der Waals surface area contributed by atoms with E-state index in [4.69, 9.17) is 4.74 Å². The Morgan fingerprint density at radius 1 is 0.861 bits per heavy atom. The van der Waals surface area contributed by atoms with Crippen LogP contribution in [0.15, 0.2) is 108 Å². The molecule has 1 heterocycles. The van der Waals surface area contributed by atoms with Crippen LogP contribution in [0.4, 0.5) is 11.4 Å². The largest absolute Gasteiger partial charge is 0.497 e. The third kappa shape index (κ3) is 4.46. The van der Waals surface area contributed by atoms with Gasteiger partial charge in [0.2, 0.25) is 5.91 Å². The predicted molar refractivity (Wildman–Crippen MR) is 142 cm³/mol. The second kappa shape index (κ2) is 9.67. The highest BCUT2D eigenvalue weighted by Crippen LogP contribution is 2.30. The maximum atomic E-state index is 14.0. The van der Waals surface area contributed by atoms with Crippen molar-refractivity contribution in [3.05, 3.63) is 103 Å². The number of hydrogen-bond donors (Lipinski definition) is 1. The number of amides is 1. The summed E-state index contributed by atoms with van der Waals surface area (Å²) in [5.41, 5.74) is 0.955. The summed E-state index contributed by atoms with van der Waals surface area (Å²) in [6.07, 6.45) is 3.16. The summed E-state index contributed by atoms with van der Waals surface area (Å²) >= 11 is 0. The molecule has 0 aliphatic carbocycles. The molecule has 1 amide bonds. The van der Waals surface area contributed by atoms with E-state index in [0.29, 0.717) is 27.9 Å². The van der Waals surface area contributed by atoms with Crippen molar-refractivity contribution >= 4 is 48.9 Å². The monoisotopic (exact) mass is 497 g/mol. The zero-order valence-corrected chi connectivity index (χ0v) is 20.3. The van der Waals surface area contributed by atoms with Crippen LogP contribution in [0.5, 0.6) is 5.75 Å². The lowest BCUT2D eigenvalue weighted by atomic mass is 10.1. The Kier molecular flexibility index (Phi) is 6.26. The first-order valence-corrected chi connectivity index (χ1v) is 12.7. The fourth-order valence-corrected chi connectivity index (χ4v) is 5.79. The molecule has 0 unspecified atom stereocenters. The van der Waals surface area contributed by atoms with Gasteiger partial charge in [-0.05, 0) is 47.9 Å². The van der Waals surface area contributed by atoms with Crippen LogP contribution in [0.1, 0.15) is 0 Å². The van der Waals surface area contributed by atoms with Gasteiger partial charge in [-0.25, -0.2) is 8.42 Å². The number of sulfonamides is 1. The molecule has 0 atom stereocenters. The van der Waals surface area contributed by atoms with E-state index in [9.17, 15) is 13.2 Å². The van der Waals surface area contributed by atoms with Crippen LogP contribution in [0.2, 0.25) is 0 Å². The molecule has 0 bridgehead atoms. The molecule has 0 radical (unpaired) electrons. The van der Waals surface area contributed by atoms with Gasteiger partial charge in [-0.15, -0.1) is 0 Å². The van der Waals surface area contributed by atoms with Gasteiger partial charge in [0.15, 0.2) is 0 Å². The minimum Gasteiger partial charge on any atom is -0.497 e. The molecule has 0 saturated carbocycles. The summed E-state index contributed by atoms with van der Waals surface area (Å²) in [4.78, 5) is 17.4. The number of rotatable bonds is 7. The van der Waals surface area contributed by atoms with Crippen molar-refractivity contribution in [2.45, 2.75) is 4.90 Å². The fourth-order valence-electron chi connectivity index (χ4n) is 4.15. The minimum atomic E-state index is -4.13. The second-order valence-electron chi connectivity index (χ2n) is 8.14. The smallest absolute Gasteiger partial charge is 0.265 e. The Morgan fingerprint density at radius 2 is 1.58 bits per heavy atom. The van der Waals surface area contributed by atoms with Crippen molar-refractivity contribution in [2.24, 2.45) is 0 Å². The molecular formula is C28H23N3O4S. The van der Waals surface area contributed by atoms with Gasteiger partial charge < -0.3 is 10.1 Å². The van der Waals surface area contributed by atoms with Crippen molar-refractivity contribution in [1.82, 2.24) is 4.98 Å². The van der Waals surface area contributed by atoms with Gasteiger partial charge in [0.05, 0.1) is 17.7 Å². The molecule has 36 heavy (non-hydrogen) atoms. The Hall–Kier alpha value is -4.43. The lowest BCUT2D eigenvalue weighted by Crippen LogP contribution is -2.38. The summed E-state index contributed by atoms with van der Waals surface area (Å²) < 4.78 is 34.3. The van der Waals surface area contributed by atoms with Crippen LogP contribution in [0, 0.1) is 0 Å². The zero-order chi connectivity index (χ0) is 25.1. The lowest BCUT2D eigenvalue weighted by Gasteiger charge is -2.25. The number of fused-ring (bicyclic) bond motifs is 2. The van der Waals surface area contributed by atoms with Crippen molar-refractivity contribution in [2.75, 3.05) is 23.3 Å². The second-order valence-corrected chi connectivity index (χ2v) is 9.97. The average molecular weight is 498 g/mol. The first kappa shape index (κ1) is 23.3. The van der Waals surface area contributed by atoms with E-state index in [0.717, 1.165) is 15.1 Å². The number of ether oxygens (including phenoxy) is 1. The van der Waals surface area contributed by atoms with Crippen LogP contribution in [-0.2, 0) is 14.8 Å². The normalized spacial score (nSPS) is 11.4. The van der Waals surface area contributed by atoms with Crippen LogP contribution >= 0.6 is 0 Å². The van der Waals surface area contributed by atoms with Gasteiger partial charge in [0.25, 0.3) is 10.0 Å². The highest BCUT2D eigenvalue weighted by molar-refractivity contribution is 7.93. The standard InChI is InChI=1S/C28H23N3O4S/c1-35-23-14-12-22(13-15-23)31(36(33,34)27-11-5-8-21-18-29-17-16-25(21)27)19-28(32)30-26-10-4-7-20-6-2-3-9-24(20)26/h2-18H,19H2,1H3,(H,30,32). The number of carbonyl (C=O) groups is 1. The SMILES string of the molecule is COc1ccc(N(CC(=O)Nc2cccc3ccccc23)S(=O)(=O)c2cccc3cnccc23)cc1. The van der Waals surface area contributed by atoms with Crippen molar-refractivity contribution in [3.63, 3.8) is 0 Å². The molecule has 0 aliphatic rings. The van der Waals surface area contributed by atoms with E-state index in [1.807, 2.05) is 36.4 Å². The molecule has 5 rings (SSSR count). The van der Waals surface area contributed by atoms with E-state index in [1.54, 1.807) is 60.9 Å². The first-order chi connectivity index (χ1) is 17.5. The molecule has 8 heteroatoms. The number of hydrogen-bond acceptors (Lipinski definition) is 5. The fraction of sp³-hybridized carbons (Fsp3) is 0.0714. The number of pyridine rings is 1. The van der Waals surface area contributed by atoms with E-state index in [2.05, 4.69) is 10.3 Å². The third-order valence-corrected chi connectivity index (χ3v) is 7.75. The molecule has 7 nitrogen and oxygen atoms in total. The molecule has 0 saturated heterocycles. The number of aromatic nitrogens is 1. The third-order valence-electron chi connectivity index (χ3n) is 5.92. The van der Waals surface area contributed by atoms with Crippen molar-refractivity contribution in [1.29, 1.82) is 0 Å². The molecule has 180 valence electrons. The topological polar surface area (TPSA) is 88.6 Å². The lowest BCUT2D eigenvalue weighted by molar-refractivity contribution is -0.114. The summed E-state index contributed by atoms with van der Waals surface area (Å²) in [5, 5.41) is 5.95. The van der Waals surface area contributed by atoms with Gasteiger partial charge in [0.1, 0.15) is 12.3 Å². The highest BCUT2D eigenvalue weighted by atomic mass is 32.2. The molecule has 1 N–H and O–H groups in total. The number of nitrogens with zero attached hydrogens (tertiary/aromatic N) is 2. The number of anilines is 2. The molecule has 0 aliphatic heterocycles. The predicted octanol–water partition coefficient (Wildman–Crippen LogP) is 5.23. The van der Waals surface area contributed by atoms with Gasteiger partial charge >= 0.3 is 0 Å². The molecule has 1 aromatic heterocycles. The van der Waals surface area contributed by atoms with E-state index in [-0.39, 0.29) is 4.90 Å². The Labute approximate surface area is 209 Å². The van der Waals surface area contributed by atoms with Crippen LogP contribution in [0.3, 0.4) is 0 Å². The number of methoxy groups -OCH3 is 1. The maximum absolute atomic E-state index is 14.0. The quantitative estimate of drug-likeness (QED) is 0.333. The Bertz CT molecular complexity index is 1660. The van der Waals surface area contributed by atoms with Crippen LogP contribution in [0.25, 0.3) is 21.5 Å².